The Hall–Kier alpha value is -2.25. The Morgan fingerprint density at radius 1 is 1.24 bits per heavy atom. The van der Waals surface area contributed by atoms with Crippen molar-refractivity contribution in [3.05, 3.63) is 35.7 Å². The number of piperazine rings is 1. The summed E-state index contributed by atoms with van der Waals surface area (Å²) in [5.74, 6) is 1.36. The van der Waals surface area contributed by atoms with Gasteiger partial charge in [0.25, 0.3) is 5.89 Å². The van der Waals surface area contributed by atoms with Crippen LogP contribution in [0.15, 0.2) is 28.8 Å². The first kappa shape index (κ1) is 17.6. The third-order valence-corrected chi connectivity index (χ3v) is 4.30. The van der Waals surface area contributed by atoms with Crippen molar-refractivity contribution >= 4 is 5.91 Å². The molecule has 0 spiro atoms. The second-order valence-electron chi connectivity index (χ2n) is 6.39. The SMILES string of the molecule is CCNC(=O)CN1CCN(Cc2noc(-c3cccc(C)c3)n2)CC1. The van der Waals surface area contributed by atoms with Gasteiger partial charge in [-0.15, -0.1) is 0 Å². The van der Waals surface area contributed by atoms with Crippen molar-refractivity contribution in [1.29, 1.82) is 0 Å². The molecule has 1 amide bonds. The maximum atomic E-state index is 11.6. The lowest BCUT2D eigenvalue weighted by atomic mass is 10.1. The summed E-state index contributed by atoms with van der Waals surface area (Å²) in [6.45, 7) is 9.35. The number of aromatic nitrogens is 2. The first-order chi connectivity index (χ1) is 12.1. The second-order valence-corrected chi connectivity index (χ2v) is 6.39. The highest BCUT2D eigenvalue weighted by Crippen LogP contribution is 2.18. The van der Waals surface area contributed by atoms with Crippen LogP contribution in [0.25, 0.3) is 11.5 Å². The molecule has 1 N–H and O–H groups in total. The van der Waals surface area contributed by atoms with E-state index >= 15 is 0 Å². The van der Waals surface area contributed by atoms with Gasteiger partial charge in [0.05, 0.1) is 13.1 Å². The largest absolute Gasteiger partial charge is 0.355 e. The van der Waals surface area contributed by atoms with Crippen molar-refractivity contribution in [2.24, 2.45) is 0 Å². The highest BCUT2D eigenvalue weighted by Gasteiger charge is 2.20. The van der Waals surface area contributed by atoms with Gasteiger partial charge in [0.2, 0.25) is 5.91 Å². The van der Waals surface area contributed by atoms with Crippen LogP contribution >= 0.6 is 0 Å². The van der Waals surface area contributed by atoms with Gasteiger partial charge in [0.1, 0.15) is 0 Å². The number of rotatable bonds is 6. The van der Waals surface area contributed by atoms with Gasteiger partial charge in [-0.25, -0.2) is 0 Å². The molecule has 1 aromatic heterocycles. The van der Waals surface area contributed by atoms with Crippen molar-refractivity contribution in [3.8, 4) is 11.5 Å². The molecule has 2 aromatic rings. The summed E-state index contributed by atoms with van der Waals surface area (Å²) in [5.41, 5.74) is 2.12. The fourth-order valence-electron chi connectivity index (χ4n) is 2.98. The van der Waals surface area contributed by atoms with E-state index in [0.29, 0.717) is 31.3 Å². The van der Waals surface area contributed by atoms with Crippen molar-refractivity contribution in [1.82, 2.24) is 25.3 Å². The van der Waals surface area contributed by atoms with E-state index in [1.54, 1.807) is 0 Å². The van der Waals surface area contributed by atoms with Crippen LogP contribution in [-0.4, -0.2) is 65.1 Å². The summed E-state index contributed by atoms with van der Waals surface area (Å²) in [6.07, 6.45) is 0. The van der Waals surface area contributed by atoms with Gasteiger partial charge in [-0.1, -0.05) is 22.9 Å². The highest BCUT2D eigenvalue weighted by molar-refractivity contribution is 5.77. The Morgan fingerprint density at radius 3 is 2.72 bits per heavy atom. The molecule has 0 saturated carbocycles. The zero-order valence-corrected chi connectivity index (χ0v) is 14.9. The van der Waals surface area contributed by atoms with Crippen LogP contribution in [0.4, 0.5) is 0 Å². The third-order valence-electron chi connectivity index (χ3n) is 4.30. The van der Waals surface area contributed by atoms with E-state index < -0.39 is 0 Å². The molecule has 25 heavy (non-hydrogen) atoms. The molecule has 0 aliphatic carbocycles. The number of nitrogens with zero attached hydrogens (tertiary/aromatic N) is 4. The fourth-order valence-corrected chi connectivity index (χ4v) is 2.98. The van der Waals surface area contributed by atoms with Gasteiger partial charge in [-0.2, -0.15) is 4.98 Å². The number of likely N-dealkylation sites (N-methyl/N-ethyl adjacent to an activating group) is 1. The molecule has 1 aromatic carbocycles. The van der Waals surface area contributed by atoms with Gasteiger partial charge >= 0.3 is 0 Å². The summed E-state index contributed by atoms with van der Waals surface area (Å²) < 4.78 is 5.40. The van der Waals surface area contributed by atoms with Gasteiger partial charge in [-0.05, 0) is 26.0 Å². The fraction of sp³-hybridized carbons (Fsp3) is 0.500. The minimum Gasteiger partial charge on any atom is -0.355 e. The summed E-state index contributed by atoms with van der Waals surface area (Å²) in [6, 6.07) is 8.05. The predicted octanol–water partition coefficient (Wildman–Crippen LogP) is 1.30. The summed E-state index contributed by atoms with van der Waals surface area (Å²) >= 11 is 0. The van der Waals surface area contributed by atoms with Gasteiger partial charge < -0.3 is 9.84 Å². The highest BCUT2D eigenvalue weighted by atomic mass is 16.5. The van der Waals surface area contributed by atoms with Gasteiger partial charge in [0, 0.05) is 38.3 Å². The maximum absolute atomic E-state index is 11.6. The quantitative estimate of drug-likeness (QED) is 0.852. The summed E-state index contributed by atoms with van der Waals surface area (Å²) in [7, 11) is 0. The molecule has 1 saturated heterocycles. The van der Waals surface area contributed by atoms with Crippen molar-refractivity contribution in [2.45, 2.75) is 20.4 Å². The molecule has 1 aliphatic heterocycles. The molecule has 7 heteroatoms. The molecule has 0 unspecified atom stereocenters. The molecule has 1 aliphatic rings. The molecule has 0 bridgehead atoms. The smallest absolute Gasteiger partial charge is 0.257 e. The topological polar surface area (TPSA) is 74.5 Å². The molecule has 7 nitrogen and oxygen atoms in total. The average molecular weight is 343 g/mol. The molecule has 0 atom stereocenters. The standard InChI is InChI=1S/C18H25N5O2/c1-3-19-17(24)13-23-9-7-22(8-10-23)12-16-20-18(25-21-16)15-6-4-5-14(2)11-15/h4-6,11H,3,7-10,12-13H2,1-2H3,(H,19,24). The van der Waals surface area contributed by atoms with E-state index in [-0.39, 0.29) is 5.91 Å². The number of nitrogens with one attached hydrogen (secondary N) is 1. The van der Waals surface area contributed by atoms with E-state index in [2.05, 4.69) is 25.3 Å². The van der Waals surface area contributed by atoms with Gasteiger partial charge in [-0.3, -0.25) is 14.6 Å². The molecular formula is C18H25N5O2. The number of benzene rings is 1. The predicted molar refractivity (Wildman–Crippen MR) is 94.9 cm³/mol. The van der Waals surface area contributed by atoms with Crippen LogP contribution in [-0.2, 0) is 11.3 Å². The lowest BCUT2D eigenvalue weighted by molar-refractivity contribution is -0.122. The zero-order chi connectivity index (χ0) is 17.6. The lowest BCUT2D eigenvalue weighted by Crippen LogP contribution is -2.49. The summed E-state index contributed by atoms with van der Waals surface area (Å²) in [5, 5.41) is 6.94. The molecule has 0 radical (unpaired) electrons. The Labute approximate surface area is 148 Å². The Balaban J connectivity index is 1.50. The third kappa shape index (κ3) is 4.87. The molecule has 3 rings (SSSR count). The molecular weight excluding hydrogens is 318 g/mol. The molecule has 2 heterocycles. The molecule has 134 valence electrons. The second kappa shape index (κ2) is 8.22. The summed E-state index contributed by atoms with van der Waals surface area (Å²) in [4.78, 5) is 20.6. The number of carbonyl (C=O) groups excluding carboxylic acids is 1. The van der Waals surface area contributed by atoms with Crippen molar-refractivity contribution < 1.29 is 9.32 Å². The lowest BCUT2D eigenvalue weighted by Gasteiger charge is -2.33. The number of carbonyl (C=O) groups is 1. The van der Waals surface area contributed by atoms with E-state index in [1.807, 2.05) is 38.1 Å². The van der Waals surface area contributed by atoms with Crippen molar-refractivity contribution in [3.63, 3.8) is 0 Å². The first-order valence-corrected chi connectivity index (χ1v) is 8.75. The Morgan fingerprint density at radius 2 is 2.00 bits per heavy atom. The number of aryl methyl sites for hydroxylation is 1. The average Bonchev–Trinajstić information content (AvgIpc) is 3.05. The zero-order valence-electron chi connectivity index (χ0n) is 14.9. The molecule has 1 fully saturated rings. The first-order valence-electron chi connectivity index (χ1n) is 8.75. The van der Waals surface area contributed by atoms with Crippen molar-refractivity contribution in [2.75, 3.05) is 39.3 Å². The number of hydrogen-bond acceptors (Lipinski definition) is 6. The van der Waals surface area contributed by atoms with Crippen LogP contribution in [0.1, 0.15) is 18.3 Å². The van der Waals surface area contributed by atoms with Crippen LogP contribution in [0.5, 0.6) is 0 Å². The van der Waals surface area contributed by atoms with Gasteiger partial charge in [0.15, 0.2) is 5.82 Å². The van der Waals surface area contributed by atoms with Crippen LogP contribution in [0.3, 0.4) is 0 Å². The van der Waals surface area contributed by atoms with E-state index in [4.69, 9.17) is 4.52 Å². The Kier molecular flexibility index (Phi) is 5.78. The number of amides is 1. The van der Waals surface area contributed by atoms with Crippen LogP contribution in [0.2, 0.25) is 0 Å². The number of hydrogen-bond donors (Lipinski definition) is 1. The van der Waals surface area contributed by atoms with E-state index in [0.717, 1.165) is 31.7 Å². The normalized spacial score (nSPS) is 16.1. The van der Waals surface area contributed by atoms with Crippen LogP contribution < -0.4 is 5.32 Å². The van der Waals surface area contributed by atoms with Crippen LogP contribution in [0, 0.1) is 6.92 Å². The Bertz CT molecular complexity index is 707. The maximum Gasteiger partial charge on any atom is 0.257 e. The monoisotopic (exact) mass is 343 g/mol. The minimum absolute atomic E-state index is 0.0944. The van der Waals surface area contributed by atoms with E-state index in [1.165, 1.54) is 5.56 Å². The van der Waals surface area contributed by atoms with E-state index in [9.17, 15) is 4.79 Å². The minimum atomic E-state index is 0.0944.